The molecule has 6 heteroatoms. The molecule has 2 unspecified atom stereocenters. The number of nitrogens with zero attached hydrogens (tertiary/aromatic N) is 2. The van der Waals surface area contributed by atoms with Crippen molar-refractivity contribution in [1.82, 2.24) is 20.8 Å². The van der Waals surface area contributed by atoms with E-state index >= 15 is 0 Å². The average Bonchev–Trinajstić information content (AvgIpc) is 2.92. The highest BCUT2D eigenvalue weighted by molar-refractivity contribution is 5.83. The number of hydrogen-bond donors (Lipinski definition) is 2. The minimum Gasteiger partial charge on any atom is -0.474 e. The number of piperidine rings is 1. The Hall–Kier alpha value is -1.69. The molecule has 0 aromatic carbocycles. The summed E-state index contributed by atoms with van der Waals surface area (Å²) in [5.41, 5.74) is 0.515. The first-order valence-electron chi connectivity index (χ1n) is 7.42. The van der Waals surface area contributed by atoms with E-state index in [1.165, 1.54) is 0 Å². The van der Waals surface area contributed by atoms with Gasteiger partial charge in [0, 0.05) is 11.5 Å². The molecule has 2 heterocycles. The van der Waals surface area contributed by atoms with Crippen LogP contribution in [0.2, 0.25) is 0 Å². The van der Waals surface area contributed by atoms with Gasteiger partial charge in [0.2, 0.25) is 11.8 Å². The molecule has 1 aliphatic heterocycles. The van der Waals surface area contributed by atoms with Crippen LogP contribution in [-0.2, 0) is 4.79 Å². The molecule has 2 N–H and O–H groups in total. The van der Waals surface area contributed by atoms with Crippen molar-refractivity contribution < 1.29 is 9.53 Å². The lowest BCUT2D eigenvalue weighted by Crippen LogP contribution is -2.49. The number of aromatic nitrogens is 2. The number of carbonyl (C=O) groups is 1. The molecule has 114 valence electrons. The van der Waals surface area contributed by atoms with Gasteiger partial charge in [-0.15, -0.1) is 5.10 Å². The second kappa shape index (κ2) is 5.26. The third-order valence-electron chi connectivity index (χ3n) is 4.30. The van der Waals surface area contributed by atoms with Crippen LogP contribution in [0.1, 0.15) is 19.4 Å². The summed E-state index contributed by atoms with van der Waals surface area (Å²) in [6, 6.07) is 1.85. The zero-order chi connectivity index (χ0) is 15.0. The highest BCUT2D eigenvalue weighted by atomic mass is 16.5. The van der Waals surface area contributed by atoms with E-state index in [9.17, 15) is 4.79 Å². The number of rotatable bonds is 5. The lowest BCUT2D eigenvalue weighted by molar-refractivity contribution is -0.125. The van der Waals surface area contributed by atoms with E-state index in [2.05, 4.69) is 20.8 Å². The summed E-state index contributed by atoms with van der Waals surface area (Å²) in [4.78, 5) is 12.3. The maximum absolute atomic E-state index is 12.3. The lowest BCUT2D eigenvalue weighted by atomic mass is 10.1. The summed E-state index contributed by atoms with van der Waals surface area (Å²) in [6.45, 7) is 8.17. The molecule has 0 radical (unpaired) electrons. The van der Waals surface area contributed by atoms with E-state index in [-0.39, 0.29) is 11.8 Å². The van der Waals surface area contributed by atoms with Crippen LogP contribution in [0.3, 0.4) is 0 Å². The van der Waals surface area contributed by atoms with Crippen LogP contribution < -0.4 is 15.4 Å². The van der Waals surface area contributed by atoms with Gasteiger partial charge in [0.25, 0.3) is 0 Å². The van der Waals surface area contributed by atoms with Gasteiger partial charge in [0.05, 0.1) is 11.7 Å². The second-order valence-electron chi connectivity index (χ2n) is 6.69. The molecular formula is C15H22N4O2. The predicted molar refractivity (Wildman–Crippen MR) is 77.8 cm³/mol. The lowest BCUT2D eigenvalue weighted by Gasteiger charge is -2.26. The topological polar surface area (TPSA) is 76.1 Å². The van der Waals surface area contributed by atoms with Gasteiger partial charge in [-0.3, -0.25) is 4.79 Å². The Morgan fingerprint density at radius 1 is 1.48 bits per heavy atom. The number of carbonyl (C=O) groups excluding carboxylic acids is 1. The van der Waals surface area contributed by atoms with Gasteiger partial charge in [-0.2, -0.15) is 5.10 Å². The minimum absolute atomic E-state index is 0.149. The first kappa shape index (κ1) is 14.3. The molecule has 0 spiro atoms. The summed E-state index contributed by atoms with van der Waals surface area (Å²) in [6.07, 6.45) is 1.63. The number of aryl methyl sites for hydroxylation is 1. The Balaban J connectivity index is 1.52. The Bertz CT molecular complexity index is 536. The van der Waals surface area contributed by atoms with Gasteiger partial charge < -0.3 is 15.4 Å². The van der Waals surface area contributed by atoms with Gasteiger partial charge in [0.1, 0.15) is 6.61 Å². The summed E-state index contributed by atoms with van der Waals surface area (Å²) in [7, 11) is 0. The molecule has 1 saturated carbocycles. The summed E-state index contributed by atoms with van der Waals surface area (Å²) in [5.74, 6) is 1.92. The van der Waals surface area contributed by atoms with Crippen LogP contribution in [0.25, 0.3) is 0 Å². The van der Waals surface area contributed by atoms with Gasteiger partial charge in [-0.25, -0.2) is 0 Å². The second-order valence-corrected chi connectivity index (χ2v) is 6.69. The van der Waals surface area contributed by atoms with Gasteiger partial charge in [-0.05, 0) is 51.8 Å². The Morgan fingerprint density at radius 2 is 2.19 bits per heavy atom. The summed E-state index contributed by atoms with van der Waals surface area (Å²) in [5, 5.41) is 14.2. The van der Waals surface area contributed by atoms with Crippen LogP contribution >= 0.6 is 0 Å². The quantitative estimate of drug-likeness (QED) is 0.827. The van der Waals surface area contributed by atoms with Crippen molar-refractivity contribution >= 4 is 5.91 Å². The highest BCUT2D eigenvalue weighted by Crippen LogP contribution is 2.48. The molecule has 2 fully saturated rings. The first-order chi connectivity index (χ1) is 9.98. The fourth-order valence-corrected chi connectivity index (χ4v) is 3.03. The molecule has 0 bridgehead atoms. The molecular weight excluding hydrogens is 268 g/mol. The molecule has 3 rings (SSSR count). The average molecular weight is 290 g/mol. The van der Waals surface area contributed by atoms with E-state index in [0.717, 1.165) is 18.7 Å². The normalized spacial score (nSPS) is 27.1. The number of fused-ring (bicyclic) bond motifs is 1. The minimum atomic E-state index is -0.425. The molecule has 21 heavy (non-hydrogen) atoms. The monoisotopic (exact) mass is 290 g/mol. The van der Waals surface area contributed by atoms with Gasteiger partial charge in [0.15, 0.2) is 0 Å². The van der Waals surface area contributed by atoms with Crippen LogP contribution in [0.15, 0.2) is 12.3 Å². The first-order valence-corrected chi connectivity index (χ1v) is 7.42. The van der Waals surface area contributed by atoms with E-state index in [1.807, 2.05) is 26.8 Å². The summed E-state index contributed by atoms with van der Waals surface area (Å²) >= 11 is 0. The third-order valence-corrected chi connectivity index (χ3v) is 4.30. The number of ether oxygens (including phenoxy) is 1. The molecule has 2 aliphatic rings. The smallest absolute Gasteiger partial charge is 0.236 e. The Kier molecular flexibility index (Phi) is 3.57. The number of amides is 1. The van der Waals surface area contributed by atoms with Crippen molar-refractivity contribution in [3.63, 3.8) is 0 Å². The van der Waals surface area contributed by atoms with Crippen molar-refractivity contribution in [2.24, 2.45) is 17.8 Å². The zero-order valence-corrected chi connectivity index (χ0v) is 12.7. The Labute approximate surface area is 124 Å². The van der Waals surface area contributed by atoms with Crippen LogP contribution in [0, 0.1) is 24.7 Å². The van der Waals surface area contributed by atoms with Crippen LogP contribution in [0.5, 0.6) is 5.88 Å². The standard InChI is InChI=1S/C15H22N4O2/c1-9-4-5-17-19-14(9)21-8-15(2,3)18-13(20)12-10-6-16-7-11(10)12/h4-5,10-12,16H,6-8H2,1-3H3,(H,18,20). The fourth-order valence-electron chi connectivity index (χ4n) is 3.03. The SMILES string of the molecule is Cc1ccnnc1OCC(C)(C)NC(=O)C1C2CNCC21. The van der Waals surface area contributed by atoms with E-state index in [1.54, 1.807) is 6.20 Å². The van der Waals surface area contributed by atoms with E-state index < -0.39 is 5.54 Å². The number of hydrogen-bond acceptors (Lipinski definition) is 5. The van der Waals surface area contributed by atoms with Crippen molar-refractivity contribution in [2.75, 3.05) is 19.7 Å². The van der Waals surface area contributed by atoms with Crippen molar-refractivity contribution in [1.29, 1.82) is 0 Å². The molecule has 6 nitrogen and oxygen atoms in total. The molecule has 1 aromatic heterocycles. The molecule has 2 atom stereocenters. The predicted octanol–water partition coefficient (Wildman–Crippen LogP) is 0.524. The third kappa shape index (κ3) is 3.00. The fraction of sp³-hybridized carbons (Fsp3) is 0.667. The van der Waals surface area contributed by atoms with Gasteiger partial charge in [-0.1, -0.05) is 0 Å². The molecule has 1 aliphatic carbocycles. The number of nitrogens with one attached hydrogen (secondary N) is 2. The van der Waals surface area contributed by atoms with Crippen LogP contribution in [0.4, 0.5) is 0 Å². The highest BCUT2D eigenvalue weighted by Gasteiger charge is 2.57. The maximum atomic E-state index is 12.3. The Morgan fingerprint density at radius 3 is 2.86 bits per heavy atom. The van der Waals surface area contributed by atoms with E-state index in [0.29, 0.717) is 24.3 Å². The maximum Gasteiger partial charge on any atom is 0.236 e. The molecule has 1 aromatic rings. The van der Waals surface area contributed by atoms with Gasteiger partial charge >= 0.3 is 0 Å². The van der Waals surface area contributed by atoms with Crippen molar-refractivity contribution in [3.05, 3.63) is 17.8 Å². The van der Waals surface area contributed by atoms with Crippen LogP contribution in [-0.4, -0.2) is 41.3 Å². The zero-order valence-electron chi connectivity index (χ0n) is 12.7. The largest absolute Gasteiger partial charge is 0.474 e. The summed E-state index contributed by atoms with van der Waals surface area (Å²) < 4.78 is 5.70. The molecule has 1 amide bonds. The van der Waals surface area contributed by atoms with Crippen molar-refractivity contribution in [3.8, 4) is 5.88 Å². The molecule has 1 saturated heterocycles. The van der Waals surface area contributed by atoms with Crippen molar-refractivity contribution in [2.45, 2.75) is 26.3 Å². The van der Waals surface area contributed by atoms with E-state index in [4.69, 9.17) is 4.74 Å².